The fourth-order valence-electron chi connectivity index (χ4n) is 1.49. The summed E-state index contributed by atoms with van der Waals surface area (Å²) >= 11 is 1.76. The number of hydrogen-bond donors (Lipinski definition) is 3. The van der Waals surface area contributed by atoms with Crippen molar-refractivity contribution in [3.63, 3.8) is 0 Å². The highest BCUT2D eigenvalue weighted by Gasteiger charge is 1.97. The number of carbonyl (C=O) groups excluding carboxylic acids is 1. The fourth-order valence-corrected chi connectivity index (χ4v) is 2.19. The maximum absolute atomic E-state index is 10.7. The Labute approximate surface area is 141 Å². The third-order valence-corrected chi connectivity index (χ3v) is 3.28. The Morgan fingerprint density at radius 2 is 2.05 bits per heavy atom. The second kappa shape index (κ2) is 12.0. The van der Waals surface area contributed by atoms with E-state index in [1.165, 1.54) is 11.8 Å². The number of amides is 1. The van der Waals surface area contributed by atoms with Gasteiger partial charge in [0.2, 0.25) is 5.91 Å². The third kappa shape index (κ3) is 9.13. The Hall–Kier alpha value is -0.830. The minimum absolute atomic E-state index is 0. The average molecular weight is 410 g/mol. The molecule has 0 aliphatic carbocycles. The van der Waals surface area contributed by atoms with Crippen LogP contribution in [0.3, 0.4) is 0 Å². The zero-order valence-corrected chi connectivity index (χ0v) is 15.1. The number of nitrogens with zero attached hydrogens (tertiary/aromatic N) is 1. The number of nitrogens with one attached hydrogen (secondary N) is 3. The molecular weight excluding hydrogens is 387 g/mol. The standard InChI is InChI=1S/C13H22N4OS.HI/c1-3-14-13(17-9-8-15-11(2)18)16-7-6-12-5-4-10-19-12;/h4-5,10H,3,6-9H2,1-2H3,(H,15,18)(H2,14,16,17);1H. The van der Waals surface area contributed by atoms with Crippen LogP contribution in [0.25, 0.3) is 0 Å². The van der Waals surface area contributed by atoms with Gasteiger partial charge in [-0.05, 0) is 18.4 Å². The second-order valence-corrected chi connectivity index (χ2v) is 5.03. The number of hydrogen-bond acceptors (Lipinski definition) is 3. The smallest absolute Gasteiger partial charge is 0.216 e. The SMILES string of the molecule is CCNC(=NCCc1cccs1)NCCNC(C)=O.I. The Kier molecular flexibility index (Phi) is 11.5. The number of guanidine groups is 1. The lowest BCUT2D eigenvalue weighted by Gasteiger charge is -2.11. The predicted octanol–water partition coefficient (Wildman–Crippen LogP) is 1.60. The van der Waals surface area contributed by atoms with Gasteiger partial charge in [-0.25, -0.2) is 0 Å². The highest BCUT2D eigenvalue weighted by atomic mass is 127. The highest BCUT2D eigenvalue weighted by molar-refractivity contribution is 14.0. The van der Waals surface area contributed by atoms with Crippen molar-refractivity contribution in [3.05, 3.63) is 22.4 Å². The topological polar surface area (TPSA) is 65.5 Å². The van der Waals surface area contributed by atoms with Crippen LogP contribution in [0.15, 0.2) is 22.5 Å². The van der Waals surface area contributed by atoms with Crippen molar-refractivity contribution < 1.29 is 4.79 Å². The van der Waals surface area contributed by atoms with Crippen LogP contribution in [0, 0.1) is 0 Å². The Morgan fingerprint density at radius 3 is 2.65 bits per heavy atom. The molecule has 0 atom stereocenters. The van der Waals surface area contributed by atoms with Gasteiger partial charge in [-0.15, -0.1) is 35.3 Å². The normalized spacial score (nSPS) is 10.6. The lowest BCUT2D eigenvalue weighted by atomic mass is 10.3. The van der Waals surface area contributed by atoms with Crippen LogP contribution in [0.2, 0.25) is 0 Å². The molecule has 7 heteroatoms. The molecular formula is C13H23IN4OS. The number of thiophene rings is 1. The van der Waals surface area contributed by atoms with Gasteiger partial charge in [0.15, 0.2) is 5.96 Å². The lowest BCUT2D eigenvalue weighted by molar-refractivity contribution is -0.118. The molecule has 0 saturated carbocycles. The Morgan fingerprint density at radius 1 is 1.30 bits per heavy atom. The molecule has 5 nitrogen and oxygen atoms in total. The van der Waals surface area contributed by atoms with Crippen molar-refractivity contribution in [1.82, 2.24) is 16.0 Å². The molecule has 0 spiro atoms. The summed E-state index contributed by atoms with van der Waals surface area (Å²) in [6.07, 6.45) is 0.958. The largest absolute Gasteiger partial charge is 0.357 e. The van der Waals surface area contributed by atoms with Gasteiger partial charge in [-0.2, -0.15) is 0 Å². The number of carbonyl (C=O) groups is 1. The van der Waals surface area contributed by atoms with Crippen LogP contribution >= 0.6 is 35.3 Å². The van der Waals surface area contributed by atoms with Gasteiger partial charge in [0.1, 0.15) is 0 Å². The van der Waals surface area contributed by atoms with Crippen LogP contribution < -0.4 is 16.0 Å². The molecule has 114 valence electrons. The summed E-state index contributed by atoms with van der Waals surface area (Å²) < 4.78 is 0. The molecule has 0 aliphatic rings. The first-order valence-electron chi connectivity index (χ1n) is 6.51. The van der Waals surface area contributed by atoms with Gasteiger partial charge in [0.25, 0.3) is 0 Å². The molecule has 1 rings (SSSR count). The van der Waals surface area contributed by atoms with Gasteiger partial charge in [-0.1, -0.05) is 6.07 Å². The second-order valence-electron chi connectivity index (χ2n) is 4.00. The van der Waals surface area contributed by atoms with Crippen molar-refractivity contribution >= 4 is 47.2 Å². The molecule has 0 radical (unpaired) electrons. The molecule has 0 saturated heterocycles. The quantitative estimate of drug-likeness (QED) is 0.277. The fraction of sp³-hybridized carbons (Fsp3) is 0.538. The highest BCUT2D eigenvalue weighted by Crippen LogP contribution is 2.08. The summed E-state index contributed by atoms with van der Waals surface area (Å²) in [6.45, 7) is 6.40. The van der Waals surface area contributed by atoms with Crippen molar-refractivity contribution in [2.45, 2.75) is 20.3 Å². The summed E-state index contributed by atoms with van der Waals surface area (Å²) in [6, 6.07) is 4.18. The van der Waals surface area contributed by atoms with E-state index in [2.05, 4.69) is 38.5 Å². The molecule has 0 fully saturated rings. The predicted molar refractivity (Wildman–Crippen MR) is 96.1 cm³/mol. The molecule has 0 bridgehead atoms. The first-order valence-corrected chi connectivity index (χ1v) is 7.39. The molecule has 1 amide bonds. The summed E-state index contributed by atoms with van der Waals surface area (Å²) in [5, 5.41) is 11.2. The van der Waals surface area contributed by atoms with Gasteiger partial charge >= 0.3 is 0 Å². The first kappa shape index (κ1) is 19.2. The first-order chi connectivity index (χ1) is 9.22. The Bertz CT molecular complexity index is 395. The number of aliphatic imine (C=N–C) groups is 1. The molecule has 0 aromatic carbocycles. The molecule has 1 aromatic rings. The maximum atomic E-state index is 10.7. The zero-order valence-electron chi connectivity index (χ0n) is 11.9. The van der Waals surface area contributed by atoms with Gasteiger partial charge in [0, 0.05) is 44.4 Å². The summed E-state index contributed by atoms with van der Waals surface area (Å²) in [4.78, 5) is 16.6. The van der Waals surface area contributed by atoms with E-state index >= 15 is 0 Å². The summed E-state index contributed by atoms with van der Waals surface area (Å²) in [7, 11) is 0. The van der Waals surface area contributed by atoms with E-state index in [1.54, 1.807) is 11.3 Å². The Balaban J connectivity index is 0.00000361. The molecule has 3 N–H and O–H groups in total. The van der Waals surface area contributed by atoms with Crippen molar-refractivity contribution in [1.29, 1.82) is 0 Å². The minimum Gasteiger partial charge on any atom is -0.357 e. The van der Waals surface area contributed by atoms with Crippen LogP contribution in [0.4, 0.5) is 0 Å². The monoisotopic (exact) mass is 410 g/mol. The van der Waals surface area contributed by atoms with E-state index < -0.39 is 0 Å². The van der Waals surface area contributed by atoms with E-state index in [4.69, 9.17) is 0 Å². The van der Waals surface area contributed by atoms with E-state index in [0.717, 1.165) is 25.5 Å². The van der Waals surface area contributed by atoms with Crippen LogP contribution in [0.5, 0.6) is 0 Å². The third-order valence-electron chi connectivity index (χ3n) is 2.34. The van der Waals surface area contributed by atoms with Crippen molar-refractivity contribution in [3.8, 4) is 0 Å². The van der Waals surface area contributed by atoms with Gasteiger partial charge < -0.3 is 16.0 Å². The number of rotatable bonds is 7. The van der Waals surface area contributed by atoms with E-state index in [0.29, 0.717) is 13.1 Å². The molecule has 20 heavy (non-hydrogen) atoms. The summed E-state index contributed by atoms with van der Waals surface area (Å²) in [5.41, 5.74) is 0. The van der Waals surface area contributed by atoms with E-state index in [1.807, 2.05) is 6.92 Å². The molecule has 1 heterocycles. The minimum atomic E-state index is -0.0126. The zero-order chi connectivity index (χ0) is 13.9. The number of halogens is 1. The average Bonchev–Trinajstić information content (AvgIpc) is 2.87. The maximum Gasteiger partial charge on any atom is 0.216 e. The van der Waals surface area contributed by atoms with Crippen LogP contribution in [-0.2, 0) is 11.2 Å². The van der Waals surface area contributed by atoms with E-state index in [9.17, 15) is 4.79 Å². The van der Waals surface area contributed by atoms with Gasteiger partial charge in [0.05, 0.1) is 0 Å². The van der Waals surface area contributed by atoms with Crippen LogP contribution in [-0.4, -0.2) is 38.0 Å². The summed E-state index contributed by atoms with van der Waals surface area (Å²) in [5.74, 6) is 0.783. The van der Waals surface area contributed by atoms with Crippen molar-refractivity contribution in [2.75, 3.05) is 26.2 Å². The molecule has 0 unspecified atom stereocenters. The van der Waals surface area contributed by atoms with Crippen LogP contribution in [0.1, 0.15) is 18.7 Å². The van der Waals surface area contributed by atoms with Crippen molar-refractivity contribution in [2.24, 2.45) is 4.99 Å². The lowest BCUT2D eigenvalue weighted by Crippen LogP contribution is -2.41. The molecule has 1 aromatic heterocycles. The molecule has 0 aliphatic heterocycles. The van der Waals surface area contributed by atoms with Gasteiger partial charge in [-0.3, -0.25) is 9.79 Å². The van der Waals surface area contributed by atoms with E-state index in [-0.39, 0.29) is 29.9 Å².